The summed E-state index contributed by atoms with van der Waals surface area (Å²) in [5.41, 5.74) is -1.13. The van der Waals surface area contributed by atoms with E-state index in [0.29, 0.717) is 18.7 Å². The van der Waals surface area contributed by atoms with Crippen LogP contribution in [-0.4, -0.2) is 77.2 Å². The molecule has 2 aliphatic rings. The molecule has 1 aliphatic carbocycles. The van der Waals surface area contributed by atoms with Crippen molar-refractivity contribution in [1.82, 2.24) is 20.9 Å². The lowest BCUT2D eigenvalue weighted by atomic mass is 9.85. The lowest BCUT2D eigenvalue weighted by Gasteiger charge is -2.38. The van der Waals surface area contributed by atoms with E-state index < -0.39 is 71.2 Å². The van der Waals surface area contributed by atoms with Crippen LogP contribution >= 0.6 is 0 Å². The highest BCUT2D eigenvalue weighted by molar-refractivity contribution is 6.38. The van der Waals surface area contributed by atoms with Gasteiger partial charge in [-0.2, -0.15) is 0 Å². The third-order valence-corrected chi connectivity index (χ3v) is 8.44. The Morgan fingerprint density at radius 1 is 0.978 bits per heavy atom. The molecule has 1 aliphatic heterocycles. The zero-order valence-electron chi connectivity index (χ0n) is 27.9. The topological polar surface area (TPSA) is 163 Å². The first kappa shape index (κ1) is 35.5. The van der Waals surface area contributed by atoms with E-state index in [1.165, 1.54) is 4.90 Å². The Morgan fingerprint density at radius 3 is 2.16 bits per heavy atom. The van der Waals surface area contributed by atoms with Gasteiger partial charge < -0.3 is 30.9 Å². The van der Waals surface area contributed by atoms with Crippen LogP contribution in [0.5, 0.6) is 0 Å². The Morgan fingerprint density at radius 2 is 1.60 bits per heavy atom. The van der Waals surface area contributed by atoms with E-state index in [0.717, 1.165) is 0 Å². The second-order valence-corrected chi connectivity index (χ2v) is 14.6. The number of likely N-dealkylation sites (tertiary alicyclic amines) is 1. The van der Waals surface area contributed by atoms with E-state index >= 15 is 0 Å². The molecule has 45 heavy (non-hydrogen) atoms. The molecule has 12 nitrogen and oxygen atoms in total. The molecule has 248 valence electrons. The maximum atomic E-state index is 14.0. The minimum Gasteiger partial charge on any atom is -0.444 e. The molecule has 5 atom stereocenters. The summed E-state index contributed by atoms with van der Waals surface area (Å²) < 4.78 is 5.41. The van der Waals surface area contributed by atoms with Crippen LogP contribution in [0, 0.1) is 22.7 Å². The van der Waals surface area contributed by atoms with E-state index in [1.807, 2.05) is 41.5 Å². The highest BCUT2D eigenvalue weighted by Crippen LogP contribution is 2.65. The first-order valence-electron chi connectivity index (χ1n) is 15.5. The highest BCUT2D eigenvalue weighted by atomic mass is 16.6. The van der Waals surface area contributed by atoms with Gasteiger partial charge in [-0.1, -0.05) is 66.2 Å². The molecule has 1 heterocycles. The number of piperidine rings is 1. The van der Waals surface area contributed by atoms with Gasteiger partial charge in [-0.05, 0) is 62.0 Å². The summed E-state index contributed by atoms with van der Waals surface area (Å²) in [5, 5.41) is 10.4. The molecule has 1 aromatic rings. The van der Waals surface area contributed by atoms with Crippen molar-refractivity contribution >= 4 is 41.2 Å². The summed E-state index contributed by atoms with van der Waals surface area (Å²) in [4.78, 5) is 80.3. The van der Waals surface area contributed by atoms with Gasteiger partial charge in [0, 0.05) is 12.2 Å². The fourth-order valence-electron chi connectivity index (χ4n) is 6.00. The zero-order valence-corrected chi connectivity index (χ0v) is 27.9. The van der Waals surface area contributed by atoms with Gasteiger partial charge in [0.2, 0.25) is 23.5 Å². The van der Waals surface area contributed by atoms with Crippen molar-refractivity contribution in [3.05, 3.63) is 30.3 Å². The average Bonchev–Trinajstić information content (AvgIpc) is 3.25. The van der Waals surface area contributed by atoms with Gasteiger partial charge in [0.05, 0.1) is 12.6 Å². The first-order valence-corrected chi connectivity index (χ1v) is 15.5. The van der Waals surface area contributed by atoms with Crippen LogP contribution in [0.3, 0.4) is 0 Å². The van der Waals surface area contributed by atoms with Gasteiger partial charge in [0.1, 0.15) is 17.7 Å². The quantitative estimate of drug-likeness (QED) is 0.274. The molecule has 3 unspecified atom stereocenters. The predicted octanol–water partition coefficient (Wildman–Crippen LogP) is 3.02. The minimum absolute atomic E-state index is 0.0612. The Bertz CT molecular complexity index is 1300. The van der Waals surface area contributed by atoms with Crippen molar-refractivity contribution in [3.8, 4) is 0 Å². The molecule has 0 bridgehead atoms. The molecule has 0 radical (unpaired) electrons. The smallest absolute Gasteiger partial charge is 0.408 e. The van der Waals surface area contributed by atoms with Gasteiger partial charge in [-0.3, -0.25) is 24.0 Å². The Balaban J connectivity index is 1.73. The van der Waals surface area contributed by atoms with Gasteiger partial charge in [-0.15, -0.1) is 0 Å². The number of Topliss-reactive ketones (excluding diaryl/α,β-unsaturated/α-hetero) is 1. The fourth-order valence-corrected chi connectivity index (χ4v) is 6.00. The number of alkyl carbamates (subject to hydrolysis) is 1. The number of rotatable bonds is 11. The second kappa shape index (κ2) is 13.6. The summed E-state index contributed by atoms with van der Waals surface area (Å²) >= 11 is 0. The van der Waals surface area contributed by atoms with Gasteiger partial charge in [0.15, 0.2) is 0 Å². The molecule has 12 heteroatoms. The van der Waals surface area contributed by atoms with E-state index in [9.17, 15) is 28.8 Å². The summed E-state index contributed by atoms with van der Waals surface area (Å²) in [6.45, 7) is 16.4. The van der Waals surface area contributed by atoms with Gasteiger partial charge >= 0.3 is 6.09 Å². The molecular weight excluding hydrogens is 578 g/mol. The van der Waals surface area contributed by atoms with E-state index in [4.69, 9.17) is 4.74 Å². The van der Waals surface area contributed by atoms with Crippen molar-refractivity contribution in [3.63, 3.8) is 0 Å². The number of ether oxygens (including phenoxy) is 1. The summed E-state index contributed by atoms with van der Waals surface area (Å²) in [6, 6.07) is 5.67. The second-order valence-electron chi connectivity index (χ2n) is 14.6. The Hall–Kier alpha value is -3.96. The molecular formula is C33H49N5O7. The molecule has 1 saturated carbocycles. The first-order chi connectivity index (χ1) is 20.8. The lowest BCUT2D eigenvalue weighted by molar-refractivity contribution is -0.145. The van der Waals surface area contributed by atoms with Gasteiger partial charge in [0.25, 0.3) is 5.91 Å². The molecule has 2 fully saturated rings. The molecule has 0 spiro atoms. The largest absolute Gasteiger partial charge is 0.444 e. The Labute approximate surface area is 265 Å². The number of hydrogen-bond donors (Lipinski definition) is 4. The average molecular weight is 628 g/mol. The van der Waals surface area contributed by atoms with Crippen LogP contribution in [0.2, 0.25) is 0 Å². The van der Waals surface area contributed by atoms with E-state index in [1.54, 1.807) is 51.1 Å². The number of carbonyl (C=O) groups is 6. The number of nitrogens with zero attached hydrogens (tertiary/aromatic N) is 1. The fraction of sp³-hybridized carbons (Fsp3) is 0.636. The molecule has 4 N–H and O–H groups in total. The number of benzene rings is 1. The van der Waals surface area contributed by atoms with Crippen LogP contribution in [0.25, 0.3) is 0 Å². The van der Waals surface area contributed by atoms with Crippen molar-refractivity contribution < 1.29 is 33.5 Å². The standard InChI is InChI=1S/C33H49N5O7/c1-10-14-21(25(40)28(42)34-17-22(39)35-19-15-12-11-13-16-19)36-27(41)24-23-20(33(23,8)9)18-38(24)29(43)26(31(2,3)4)37-30(44)45-32(5,6)7/h11-13,15-16,20-21,23-24,26H,10,14,17-18H2,1-9H3,(H,34,42)(H,35,39)(H,36,41)(H,37,44)/t20?,21?,23?,24-,26+/m0/s1. The number of para-hydroxylation sites is 1. The third kappa shape index (κ3) is 8.82. The van der Waals surface area contributed by atoms with Crippen LogP contribution < -0.4 is 21.3 Å². The molecule has 3 rings (SSSR count). The monoisotopic (exact) mass is 627 g/mol. The maximum absolute atomic E-state index is 14.0. The van der Waals surface area contributed by atoms with Crippen LogP contribution in [0.15, 0.2) is 30.3 Å². The van der Waals surface area contributed by atoms with Crippen LogP contribution in [-0.2, 0) is 28.7 Å². The third-order valence-electron chi connectivity index (χ3n) is 8.44. The molecule has 1 aromatic carbocycles. The summed E-state index contributed by atoms with van der Waals surface area (Å²) in [7, 11) is 0. The molecule has 5 amide bonds. The number of anilines is 1. The normalized spacial score (nSPS) is 21.4. The number of amides is 5. The van der Waals surface area contributed by atoms with Crippen molar-refractivity contribution in [2.24, 2.45) is 22.7 Å². The number of carbonyl (C=O) groups excluding carboxylic acids is 6. The van der Waals surface area contributed by atoms with Gasteiger partial charge in [-0.25, -0.2) is 4.79 Å². The number of nitrogens with one attached hydrogen (secondary N) is 4. The van der Waals surface area contributed by atoms with Crippen molar-refractivity contribution in [2.75, 3.05) is 18.4 Å². The van der Waals surface area contributed by atoms with Crippen LogP contribution in [0.4, 0.5) is 10.5 Å². The van der Waals surface area contributed by atoms with Crippen molar-refractivity contribution in [1.29, 1.82) is 0 Å². The van der Waals surface area contributed by atoms with E-state index in [2.05, 4.69) is 21.3 Å². The molecule has 1 saturated heterocycles. The summed E-state index contributed by atoms with van der Waals surface area (Å²) in [5.74, 6) is -3.42. The SMILES string of the molecule is CCCC(NC(=O)[C@@H]1C2C(CN1C(=O)[C@@H](NC(=O)OC(C)(C)C)C(C)(C)C)C2(C)C)C(=O)C(=O)NCC(=O)Nc1ccccc1. The van der Waals surface area contributed by atoms with Crippen LogP contribution in [0.1, 0.15) is 75.2 Å². The van der Waals surface area contributed by atoms with Crippen molar-refractivity contribution in [2.45, 2.75) is 98.9 Å². The Kier molecular flexibility index (Phi) is 10.7. The predicted molar refractivity (Wildman–Crippen MR) is 169 cm³/mol. The summed E-state index contributed by atoms with van der Waals surface area (Å²) in [6.07, 6.45) is -0.0506. The number of hydrogen-bond acceptors (Lipinski definition) is 7. The molecule has 0 aromatic heterocycles. The lowest BCUT2D eigenvalue weighted by Crippen LogP contribution is -2.60. The highest BCUT2D eigenvalue weighted by Gasteiger charge is 2.70. The number of ketones is 1. The van der Waals surface area contributed by atoms with E-state index in [-0.39, 0.29) is 23.7 Å². The number of fused-ring (bicyclic) bond motifs is 1. The maximum Gasteiger partial charge on any atom is 0.408 e. The minimum atomic E-state index is -1.14. The zero-order chi connectivity index (χ0) is 33.9.